The molecular formula is C25H22BF4P-. The third-order valence-corrected chi connectivity index (χ3v) is 9.23. The molecule has 6 heteroatoms. The molecule has 0 atom stereocenters. The van der Waals surface area contributed by atoms with E-state index in [1.165, 1.54) is 21.5 Å². The van der Waals surface area contributed by atoms with Crippen molar-refractivity contribution in [3.05, 3.63) is 127 Å². The number of rotatable bonds is 5. The van der Waals surface area contributed by atoms with Gasteiger partial charge in [-0.2, -0.15) is 0 Å². The fraction of sp³-hybridized carbons (Fsp3) is 0.0400. The summed E-state index contributed by atoms with van der Waals surface area (Å²) < 4.78 is 39.0. The minimum Gasteiger partial charge on any atom is -0.418 e. The molecule has 0 aliphatic rings. The second-order valence-corrected chi connectivity index (χ2v) is 10.4. The van der Waals surface area contributed by atoms with Crippen molar-refractivity contribution in [1.29, 1.82) is 0 Å². The molecule has 4 rings (SSSR count). The van der Waals surface area contributed by atoms with Crippen molar-refractivity contribution in [2.45, 2.75) is 6.16 Å². The lowest BCUT2D eigenvalue weighted by molar-refractivity contribution is 0.368. The lowest BCUT2D eigenvalue weighted by Gasteiger charge is -2.38. The molecule has 0 amide bonds. The molecule has 0 aromatic heterocycles. The first kappa shape index (κ1) is 22.8. The Hall–Kier alpha value is -2.91. The predicted molar refractivity (Wildman–Crippen MR) is 125 cm³/mol. The smallest absolute Gasteiger partial charge is 0.418 e. The fourth-order valence-electron chi connectivity index (χ4n) is 3.63. The zero-order valence-corrected chi connectivity index (χ0v) is 17.7. The van der Waals surface area contributed by atoms with E-state index in [9.17, 15) is 17.3 Å². The van der Waals surface area contributed by atoms with Gasteiger partial charge in [0, 0.05) is 6.16 Å². The largest absolute Gasteiger partial charge is 0.673 e. The second-order valence-electron chi connectivity index (χ2n) is 6.95. The summed E-state index contributed by atoms with van der Waals surface area (Å²) in [4.78, 5) is 0. The molecule has 0 heterocycles. The van der Waals surface area contributed by atoms with Crippen molar-refractivity contribution in [3.8, 4) is 0 Å². The summed E-state index contributed by atoms with van der Waals surface area (Å²) in [5.41, 5.74) is 1.39. The van der Waals surface area contributed by atoms with Gasteiger partial charge in [-0.1, -0.05) is 121 Å². The molecule has 0 saturated heterocycles. The van der Waals surface area contributed by atoms with Crippen molar-refractivity contribution in [2.24, 2.45) is 0 Å². The van der Waals surface area contributed by atoms with Gasteiger partial charge in [-0.3, -0.25) is 0 Å². The Balaban J connectivity index is 0.000000491. The normalized spacial score (nSPS) is 11.4. The van der Waals surface area contributed by atoms with E-state index in [4.69, 9.17) is 0 Å². The molecule has 31 heavy (non-hydrogen) atoms. The molecule has 0 bridgehead atoms. The van der Waals surface area contributed by atoms with Gasteiger partial charge in [-0.15, -0.1) is 0 Å². The molecule has 0 spiro atoms. The standard InChI is InChI=1S/C25H22P.BF4/c1-5-13-22(14-6-1)21-26(23-15-7-2-8-16-23,24-17-9-3-10-18-24)25-19-11-4-12-20-25;2-1(3,4)5/h1-20H,21H2;/q;-1. The summed E-state index contributed by atoms with van der Waals surface area (Å²) in [5, 5.41) is 4.30. The van der Waals surface area contributed by atoms with Gasteiger partial charge in [0.05, 0.1) is 0 Å². The van der Waals surface area contributed by atoms with Crippen molar-refractivity contribution < 1.29 is 17.3 Å². The molecule has 4 aromatic carbocycles. The van der Waals surface area contributed by atoms with Crippen LogP contribution in [0.3, 0.4) is 0 Å². The third kappa shape index (κ3) is 6.29. The van der Waals surface area contributed by atoms with Gasteiger partial charge >= 0.3 is 7.25 Å². The number of benzene rings is 4. The van der Waals surface area contributed by atoms with Crippen LogP contribution < -0.4 is 15.9 Å². The van der Waals surface area contributed by atoms with Crippen molar-refractivity contribution >= 4 is 30.4 Å². The van der Waals surface area contributed by atoms with Crippen molar-refractivity contribution in [3.63, 3.8) is 0 Å². The zero-order chi connectivity index (χ0) is 22.2. The molecule has 0 fully saturated rings. The summed E-state index contributed by atoms with van der Waals surface area (Å²) in [6.07, 6.45) is 1.03. The first-order chi connectivity index (χ1) is 14.9. The van der Waals surface area contributed by atoms with E-state index in [0.717, 1.165) is 6.16 Å². The lowest BCUT2D eigenvalue weighted by atomic mass is 10.2. The van der Waals surface area contributed by atoms with Crippen LogP contribution in [-0.4, -0.2) is 7.25 Å². The molecule has 0 unspecified atom stereocenters. The summed E-state index contributed by atoms with van der Waals surface area (Å²) in [5.74, 6) is 0. The number of halogens is 4. The van der Waals surface area contributed by atoms with Crippen LogP contribution in [0.25, 0.3) is 0 Å². The van der Waals surface area contributed by atoms with E-state index in [2.05, 4.69) is 121 Å². The minimum atomic E-state index is -6.00. The molecule has 0 aliphatic heterocycles. The van der Waals surface area contributed by atoms with Gasteiger partial charge < -0.3 is 17.3 Å². The highest BCUT2D eigenvalue weighted by Gasteiger charge is 2.33. The van der Waals surface area contributed by atoms with Gasteiger partial charge in [0.1, 0.15) is 0 Å². The molecule has 0 nitrogen and oxygen atoms in total. The van der Waals surface area contributed by atoms with Gasteiger partial charge in [-0.25, -0.2) is 0 Å². The van der Waals surface area contributed by atoms with Crippen LogP contribution in [0.5, 0.6) is 0 Å². The Morgan fingerprint density at radius 2 is 0.710 bits per heavy atom. The van der Waals surface area contributed by atoms with Gasteiger partial charge in [0.2, 0.25) is 0 Å². The van der Waals surface area contributed by atoms with Crippen molar-refractivity contribution in [2.75, 3.05) is 0 Å². The Bertz CT molecular complexity index is 938. The average molecular weight is 440 g/mol. The average Bonchev–Trinajstić information content (AvgIpc) is 2.79. The summed E-state index contributed by atoms with van der Waals surface area (Å²) in [6, 6.07) is 44.0. The molecule has 1 radical (unpaired) electrons. The quantitative estimate of drug-likeness (QED) is 0.189. The lowest BCUT2D eigenvalue weighted by Crippen LogP contribution is -2.32. The topological polar surface area (TPSA) is 0 Å². The Morgan fingerprint density at radius 1 is 0.452 bits per heavy atom. The molecule has 0 N–H and O–H groups in total. The SMILES string of the molecule is F[B-](F)(F)F.c1ccc(C[P](c2ccccc2)(c2ccccc2)c2ccccc2)cc1. The molecular weight excluding hydrogens is 418 g/mol. The van der Waals surface area contributed by atoms with Crippen LogP contribution in [0.1, 0.15) is 5.56 Å². The van der Waals surface area contributed by atoms with Crippen molar-refractivity contribution in [1.82, 2.24) is 0 Å². The van der Waals surface area contributed by atoms with E-state index in [-0.39, 0.29) is 0 Å². The Morgan fingerprint density at radius 3 is 1.00 bits per heavy atom. The number of hydrogen-bond donors (Lipinski definition) is 0. The highest BCUT2D eigenvalue weighted by molar-refractivity contribution is 7.95. The second kappa shape index (κ2) is 10.4. The maximum atomic E-state index is 9.75. The zero-order valence-electron chi connectivity index (χ0n) is 16.8. The number of hydrogen-bond acceptors (Lipinski definition) is 0. The van der Waals surface area contributed by atoms with Gasteiger partial charge in [0.15, 0.2) is 0 Å². The van der Waals surface area contributed by atoms with Gasteiger partial charge in [0.25, 0.3) is 0 Å². The van der Waals surface area contributed by atoms with E-state index < -0.39 is 14.5 Å². The van der Waals surface area contributed by atoms with Crippen LogP contribution in [0, 0.1) is 0 Å². The summed E-state index contributed by atoms with van der Waals surface area (Å²) in [7, 11) is -7.78. The van der Waals surface area contributed by atoms with E-state index >= 15 is 0 Å². The summed E-state index contributed by atoms with van der Waals surface area (Å²) >= 11 is 0. The van der Waals surface area contributed by atoms with E-state index in [1.54, 1.807) is 0 Å². The van der Waals surface area contributed by atoms with E-state index in [1.807, 2.05) is 0 Å². The predicted octanol–water partition coefficient (Wildman–Crippen LogP) is 6.48. The molecule has 4 aromatic rings. The van der Waals surface area contributed by atoms with Crippen LogP contribution >= 0.6 is 7.26 Å². The fourth-order valence-corrected chi connectivity index (χ4v) is 7.87. The highest BCUT2D eigenvalue weighted by atomic mass is 31.2. The van der Waals surface area contributed by atoms with E-state index in [0.29, 0.717) is 0 Å². The van der Waals surface area contributed by atoms with Crippen LogP contribution in [-0.2, 0) is 6.16 Å². The molecule has 159 valence electrons. The Kier molecular flexibility index (Phi) is 7.65. The molecule has 0 aliphatic carbocycles. The maximum Gasteiger partial charge on any atom is 0.673 e. The van der Waals surface area contributed by atoms with Crippen LogP contribution in [0.15, 0.2) is 121 Å². The monoisotopic (exact) mass is 440 g/mol. The first-order valence-corrected chi connectivity index (χ1v) is 11.8. The maximum absolute atomic E-state index is 9.75. The highest BCUT2D eigenvalue weighted by Crippen LogP contribution is 2.58. The third-order valence-electron chi connectivity index (χ3n) is 4.85. The minimum absolute atomic E-state index is 1.03. The summed E-state index contributed by atoms with van der Waals surface area (Å²) in [6.45, 7) is 0. The van der Waals surface area contributed by atoms with Gasteiger partial charge in [-0.05, 0) is 28.7 Å². The molecule has 0 saturated carbocycles. The first-order valence-electron chi connectivity index (χ1n) is 9.86. The Labute approximate surface area is 181 Å². The van der Waals surface area contributed by atoms with Crippen LogP contribution in [0.2, 0.25) is 0 Å². The van der Waals surface area contributed by atoms with Crippen LogP contribution in [0.4, 0.5) is 17.3 Å².